The van der Waals surface area contributed by atoms with Gasteiger partial charge in [0.25, 0.3) is 5.91 Å². The first-order valence-electron chi connectivity index (χ1n) is 9.91. The highest BCUT2D eigenvalue weighted by atomic mass is 16.2. The molecule has 1 fully saturated rings. The lowest BCUT2D eigenvalue weighted by atomic mass is 9.95. The van der Waals surface area contributed by atoms with Gasteiger partial charge in [0.15, 0.2) is 0 Å². The zero-order chi connectivity index (χ0) is 19.6. The number of carbonyl (C=O) groups is 1. The van der Waals surface area contributed by atoms with Gasteiger partial charge in [0.1, 0.15) is 17.2 Å². The number of hydrogen-bond acceptors (Lipinski definition) is 4. The molecule has 1 amide bonds. The van der Waals surface area contributed by atoms with E-state index in [1.54, 1.807) is 0 Å². The lowest BCUT2D eigenvalue weighted by Gasteiger charge is -2.31. The Morgan fingerprint density at radius 3 is 2.66 bits per heavy atom. The highest BCUT2D eigenvalue weighted by Crippen LogP contribution is 2.28. The van der Waals surface area contributed by atoms with Crippen molar-refractivity contribution < 1.29 is 4.79 Å². The quantitative estimate of drug-likeness (QED) is 0.541. The molecule has 7 heteroatoms. The van der Waals surface area contributed by atoms with Crippen LogP contribution in [0.15, 0.2) is 67.5 Å². The van der Waals surface area contributed by atoms with E-state index < -0.39 is 0 Å². The summed E-state index contributed by atoms with van der Waals surface area (Å²) in [6, 6.07) is 9.82. The number of fused-ring (bicyclic) bond motifs is 1. The summed E-state index contributed by atoms with van der Waals surface area (Å²) in [4.78, 5) is 28.0. The van der Waals surface area contributed by atoms with Crippen LogP contribution >= 0.6 is 0 Å². The number of nitrogens with zero attached hydrogens (tertiary/aromatic N) is 6. The molecule has 4 aromatic heterocycles. The molecule has 0 saturated carbocycles. The summed E-state index contributed by atoms with van der Waals surface area (Å²) in [5, 5.41) is 0. The molecule has 0 unspecified atom stereocenters. The normalized spacial score (nSPS) is 15.1. The maximum atomic E-state index is 12.9. The zero-order valence-electron chi connectivity index (χ0n) is 16.1. The number of hydrogen-bond donors (Lipinski definition) is 0. The highest BCUT2D eigenvalue weighted by Gasteiger charge is 2.28. The van der Waals surface area contributed by atoms with E-state index in [4.69, 9.17) is 0 Å². The average molecular weight is 386 g/mol. The molecular formula is C22H22N6O. The van der Waals surface area contributed by atoms with Crippen LogP contribution in [0.5, 0.6) is 0 Å². The zero-order valence-corrected chi connectivity index (χ0v) is 16.1. The monoisotopic (exact) mass is 386 g/mol. The van der Waals surface area contributed by atoms with Crippen molar-refractivity contribution in [2.45, 2.75) is 25.3 Å². The van der Waals surface area contributed by atoms with E-state index >= 15 is 0 Å². The predicted molar refractivity (Wildman–Crippen MR) is 109 cm³/mol. The molecule has 0 bridgehead atoms. The van der Waals surface area contributed by atoms with Crippen LogP contribution in [0.2, 0.25) is 0 Å². The molecule has 0 radical (unpaired) electrons. The van der Waals surface area contributed by atoms with E-state index in [-0.39, 0.29) is 5.91 Å². The Kier molecular flexibility index (Phi) is 4.56. The van der Waals surface area contributed by atoms with E-state index in [0.29, 0.717) is 11.6 Å². The third-order valence-electron chi connectivity index (χ3n) is 5.58. The maximum absolute atomic E-state index is 12.9. The lowest BCUT2D eigenvalue weighted by molar-refractivity contribution is 0.0705. The first-order chi connectivity index (χ1) is 14.3. The Morgan fingerprint density at radius 2 is 1.86 bits per heavy atom. The lowest BCUT2D eigenvalue weighted by Crippen LogP contribution is -2.38. The van der Waals surface area contributed by atoms with Gasteiger partial charge in [-0.05, 0) is 42.7 Å². The van der Waals surface area contributed by atoms with Crippen LogP contribution in [-0.4, -0.2) is 47.8 Å². The second-order valence-corrected chi connectivity index (χ2v) is 7.43. The minimum atomic E-state index is 0.00674. The molecule has 29 heavy (non-hydrogen) atoms. The van der Waals surface area contributed by atoms with Gasteiger partial charge >= 0.3 is 0 Å². The van der Waals surface area contributed by atoms with E-state index in [1.165, 1.54) is 5.56 Å². The number of piperidine rings is 1. The van der Waals surface area contributed by atoms with Gasteiger partial charge in [-0.1, -0.05) is 6.07 Å². The molecule has 146 valence electrons. The first-order valence-corrected chi connectivity index (χ1v) is 9.91. The largest absolute Gasteiger partial charge is 0.337 e. The van der Waals surface area contributed by atoms with Crippen molar-refractivity contribution in [1.29, 1.82) is 0 Å². The molecule has 1 aliphatic heterocycles. The number of rotatable bonds is 4. The topological polar surface area (TPSA) is 68.3 Å². The molecule has 5 rings (SSSR count). The van der Waals surface area contributed by atoms with Crippen molar-refractivity contribution >= 4 is 11.6 Å². The van der Waals surface area contributed by atoms with Crippen molar-refractivity contribution in [1.82, 2.24) is 28.8 Å². The van der Waals surface area contributed by atoms with Gasteiger partial charge < -0.3 is 13.9 Å². The average Bonchev–Trinajstić information content (AvgIpc) is 3.41. The molecule has 4 aromatic rings. The van der Waals surface area contributed by atoms with Crippen molar-refractivity contribution in [3.8, 4) is 0 Å². The van der Waals surface area contributed by atoms with Crippen molar-refractivity contribution in [3.63, 3.8) is 0 Å². The van der Waals surface area contributed by atoms with Crippen LogP contribution in [0, 0.1) is 0 Å². The number of amides is 1. The summed E-state index contributed by atoms with van der Waals surface area (Å²) in [7, 11) is 0. The highest BCUT2D eigenvalue weighted by molar-refractivity contribution is 5.93. The van der Waals surface area contributed by atoms with Gasteiger partial charge in [-0.2, -0.15) is 0 Å². The molecule has 7 nitrogen and oxygen atoms in total. The Bertz CT molecular complexity index is 1090. The number of likely N-dealkylation sites (tertiary alicyclic amines) is 1. The summed E-state index contributed by atoms with van der Waals surface area (Å²) in [6.07, 6.45) is 13.1. The number of carbonyl (C=O) groups excluding carboxylic acids is 1. The van der Waals surface area contributed by atoms with Crippen molar-refractivity contribution in [3.05, 3.63) is 84.6 Å². The van der Waals surface area contributed by atoms with Gasteiger partial charge in [-0.15, -0.1) is 0 Å². The number of pyridine rings is 2. The molecule has 0 spiro atoms. The summed E-state index contributed by atoms with van der Waals surface area (Å²) in [5.41, 5.74) is 2.51. The molecular weight excluding hydrogens is 364 g/mol. The van der Waals surface area contributed by atoms with E-state index in [2.05, 4.69) is 19.5 Å². The Morgan fingerprint density at radius 1 is 1.03 bits per heavy atom. The Hall–Kier alpha value is -3.48. The molecule has 0 aromatic carbocycles. The SMILES string of the molecule is O=C(c1cn2ccccc2n1)N1CCC(c2nccn2Cc2ccncc2)CC1. The fourth-order valence-electron chi connectivity index (χ4n) is 4.04. The standard InChI is InChI=1S/C22H22N6O/c29-22(19-16-27-11-2-1-3-20(27)25-19)26-12-6-18(7-13-26)21-24-10-14-28(21)15-17-4-8-23-9-5-17/h1-5,8-11,14,16,18H,6-7,12-13,15H2. The van der Waals surface area contributed by atoms with Gasteiger partial charge in [0, 0.05) is 62.7 Å². The minimum absolute atomic E-state index is 0.00674. The third-order valence-corrected chi connectivity index (χ3v) is 5.58. The fraction of sp³-hybridized carbons (Fsp3) is 0.273. The summed E-state index contributed by atoms with van der Waals surface area (Å²) in [6.45, 7) is 2.23. The van der Waals surface area contributed by atoms with Gasteiger partial charge in [-0.25, -0.2) is 9.97 Å². The second-order valence-electron chi connectivity index (χ2n) is 7.43. The van der Waals surface area contributed by atoms with Crippen LogP contribution in [0.1, 0.15) is 40.6 Å². The summed E-state index contributed by atoms with van der Waals surface area (Å²) < 4.78 is 4.09. The molecule has 0 N–H and O–H groups in total. The smallest absolute Gasteiger partial charge is 0.274 e. The molecule has 5 heterocycles. The number of imidazole rings is 2. The van der Waals surface area contributed by atoms with Crippen molar-refractivity contribution in [2.75, 3.05) is 13.1 Å². The van der Waals surface area contributed by atoms with Crippen LogP contribution in [-0.2, 0) is 6.54 Å². The Labute approximate surface area is 168 Å². The van der Waals surface area contributed by atoms with E-state index in [0.717, 1.165) is 43.9 Å². The van der Waals surface area contributed by atoms with E-state index in [1.807, 2.05) is 76.8 Å². The van der Waals surface area contributed by atoms with Gasteiger partial charge in [-0.3, -0.25) is 9.78 Å². The third kappa shape index (κ3) is 3.51. The van der Waals surface area contributed by atoms with E-state index in [9.17, 15) is 4.79 Å². The van der Waals surface area contributed by atoms with Crippen LogP contribution in [0.25, 0.3) is 5.65 Å². The molecule has 0 atom stereocenters. The first kappa shape index (κ1) is 17.6. The predicted octanol–water partition coefficient (Wildman–Crippen LogP) is 2.99. The summed E-state index contributed by atoms with van der Waals surface area (Å²) in [5.74, 6) is 1.46. The number of aromatic nitrogens is 5. The fourth-order valence-corrected chi connectivity index (χ4v) is 4.04. The molecule has 1 aliphatic rings. The second kappa shape index (κ2) is 7.50. The van der Waals surface area contributed by atoms with Gasteiger partial charge in [0.05, 0.1) is 0 Å². The van der Waals surface area contributed by atoms with Crippen LogP contribution in [0.4, 0.5) is 0 Å². The van der Waals surface area contributed by atoms with Gasteiger partial charge in [0.2, 0.25) is 0 Å². The maximum Gasteiger partial charge on any atom is 0.274 e. The van der Waals surface area contributed by atoms with Crippen molar-refractivity contribution in [2.24, 2.45) is 0 Å². The Balaban J connectivity index is 1.26. The van der Waals surface area contributed by atoms with Crippen LogP contribution < -0.4 is 0 Å². The van der Waals surface area contributed by atoms with Crippen LogP contribution in [0.3, 0.4) is 0 Å². The molecule has 0 aliphatic carbocycles. The molecule has 1 saturated heterocycles. The summed E-state index contributed by atoms with van der Waals surface area (Å²) >= 11 is 0. The minimum Gasteiger partial charge on any atom is -0.337 e.